The second-order valence-electron chi connectivity index (χ2n) is 3.59. The number of carbonyl (C=O) groups is 2. The highest BCUT2D eigenvalue weighted by atomic mass is 19.4. The summed E-state index contributed by atoms with van der Waals surface area (Å²) in [6.07, 6.45) is -4.51. The Balaban J connectivity index is 2.40. The van der Waals surface area contributed by atoms with Gasteiger partial charge in [0.2, 0.25) is 0 Å². The summed E-state index contributed by atoms with van der Waals surface area (Å²) in [6.45, 7) is -2.26. The van der Waals surface area contributed by atoms with Crippen molar-refractivity contribution in [2.75, 3.05) is 18.9 Å². The molecule has 1 aromatic rings. The number of carbonyl (C=O) groups excluding carboxylic acids is 2. The summed E-state index contributed by atoms with van der Waals surface area (Å²) >= 11 is 0. The molecule has 0 saturated heterocycles. The number of rotatable bonds is 4. The zero-order chi connectivity index (χ0) is 14.5. The minimum absolute atomic E-state index is 0.114. The molecule has 8 heteroatoms. The Hall–Kier alpha value is -2.25. The number of hydrogen-bond donors (Lipinski definition) is 2. The number of benzene rings is 1. The molecule has 1 rings (SSSR count). The quantitative estimate of drug-likeness (QED) is 0.637. The third-order valence-corrected chi connectivity index (χ3v) is 1.94. The predicted octanol–water partition coefficient (Wildman–Crippen LogP) is 1.10. The predicted molar refractivity (Wildman–Crippen MR) is 60.2 cm³/mol. The summed E-state index contributed by atoms with van der Waals surface area (Å²) in [5.74, 6) is -1.87. The lowest BCUT2D eigenvalue weighted by Gasteiger charge is -2.08. The van der Waals surface area contributed by atoms with Crippen molar-refractivity contribution in [3.63, 3.8) is 0 Å². The average molecular weight is 276 g/mol. The van der Waals surface area contributed by atoms with Crippen LogP contribution >= 0.6 is 0 Å². The molecule has 0 unspecified atom stereocenters. The highest BCUT2D eigenvalue weighted by molar-refractivity contribution is 5.92. The van der Waals surface area contributed by atoms with Gasteiger partial charge in [0.15, 0.2) is 6.61 Å². The maximum absolute atomic E-state index is 11.8. The highest BCUT2D eigenvalue weighted by Crippen LogP contribution is 2.12. The summed E-state index contributed by atoms with van der Waals surface area (Å²) in [5.41, 5.74) is 5.88. The van der Waals surface area contributed by atoms with Crippen LogP contribution in [0.1, 0.15) is 10.4 Å². The molecule has 0 heterocycles. The Labute approximate surface area is 106 Å². The molecule has 1 aromatic carbocycles. The standard InChI is InChI=1S/C11H11F3N2O3/c12-11(13,14)6-16-9(17)5-19-10(18)7-2-1-3-8(15)4-7/h1-4H,5-6,15H2,(H,16,17). The summed E-state index contributed by atoms with van der Waals surface area (Å²) in [5, 5.41) is 1.57. The van der Waals surface area contributed by atoms with Gasteiger partial charge >= 0.3 is 12.1 Å². The molecular formula is C11H11F3N2O3. The topological polar surface area (TPSA) is 81.4 Å². The molecular weight excluding hydrogens is 265 g/mol. The van der Waals surface area contributed by atoms with Crippen LogP contribution in [-0.2, 0) is 9.53 Å². The van der Waals surface area contributed by atoms with Crippen LogP contribution in [0, 0.1) is 0 Å². The molecule has 104 valence electrons. The number of nitrogens with two attached hydrogens (primary N) is 1. The molecule has 0 aliphatic carbocycles. The van der Waals surface area contributed by atoms with Crippen LogP contribution < -0.4 is 11.1 Å². The van der Waals surface area contributed by atoms with Gasteiger partial charge in [-0.1, -0.05) is 6.07 Å². The molecule has 3 N–H and O–H groups in total. The van der Waals surface area contributed by atoms with Crippen molar-refractivity contribution in [1.29, 1.82) is 0 Å². The molecule has 0 bridgehead atoms. The van der Waals surface area contributed by atoms with Gasteiger partial charge in [0.05, 0.1) is 5.56 Å². The van der Waals surface area contributed by atoms with Gasteiger partial charge in [0, 0.05) is 5.69 Å². The Morgan fingerprint density at radius 2 is 2.00 bits per heavy atom. The molecule has 0 fully saturated rings. The Bertz CT molecular complexity index is 474. The second-order valence-corrected chi connectivity index (χ2v) is 3.59. The molecule has 0 aromatic heterocycles. The Kier molecular flexibility index (Phi) is 4.74. The van der Waals surface area contributed by atoms with E-state index >= 15 is 0 Å². The van der Waals surface area contributed by atoms with Gasteiger partial charge in [-0.15, -0.1) is 0 Å². The maximum atomic E-state index is 11.8. The van der Waals surface area contributed by atoms with Crippen molar-refractivity contribution in [1.82, 2.24) is 5.32 Å². The number of anilines is 1. The van der Waals surface area contributed by atoms with E-state index in [0.29, 0.717) is 5.69 Å². The van der Waals surface area contributed by atoms with Crippen LogP contribution in [0.2, 0.25) is 0 Å². The molecule has 0 atom stereocenters. The molecule has 1 amide bonds. The van der Waals surface area contributed by atoms with Gasteiger partial charge in [-0.05, 0) is 18.2 Å². The molecule has 0 radical (unpaired) electrons. The van der Waals surface area contributed by atoms with Gasteiger partial charge in [-0.2, -0.15) is 13.2 Å². The van der Waals surface area contributed by atoms with Crippen molar-refractivity contribution in [2.24, 2.45) is 0 Å². The van der Waals surface area contributed by atoms with E-state index in [1.54, 1.807) is 11.4 Å². The average Bonchev–Trinajstić information content (AvgIpc) is 2.32. The summed E-state index contributed by atoms with van der Waals surface area (Å²) in [4.78, 5) is 22.4. The number of nitrogen functional groups attached to an aromatic ring is 1. The zero-order valence-electron chi connectivity index (χ0n) is 9.66. The largest absolute Gasteiger partial charge is 0.452 e. The fraction of sp³-hybridized carbons (Fsp3) is 0.273. The first-order chi connectivity index (χ1) is 8.78. The lowest BCUT2D eigenvalue weighted by atomic mass is 10.2. The highest BCUT2D eigenvalue weighted by Gasteiger charge is 2.27. The first-order valence-electron chi connectivity index (χ1n) is 5.14. The van der Waals surface area contributed by atoms with Crippen molar-refractivity contribution in [3.8, 4) is 0 Å². The van der Waals surface area contributed by atoms with Crippen LogP contribution in [0.15, 0.2) is 24.3 Å². The fourth-order valence-electron chi connectivity index (χ4n) is 1.13. The lowest BCUT2D eigenvalue weighted by molar-refractivity contribution is -0.140. The van der Waals surface area contributed by atoms with Gasteiger partial charge in [0.1, 0.15) is 6.54 Å². The smallest absolute Gasteiger partial charge is 0.405 e. The first-order valence-corrected chi connectivity index (χ1v) is 5.14. The van der Waals surface area contributed by atoms with E-state index in [1.807, 2.05) is 0 Å². The first kappa shape index (κ1) is 14.8. The molecule has 0 spiro atoms. The Morgan fingerprint density at radius 1 is 1.32 bits per heavy atom. The van der Waals surface area contributed by atoms with E-state index in [2.05, 4.69) is 4.74 Å². The number of amides is 1. The monoisotopic (exact) mass is 276 g/mol. The van der Waals surface area contributed by atoms with Gasteiger partial charge in [-0.3, -0.25) is 4.79 Å². The van der Waals surface area contributed by atoms with Gasteiger partial charge in [0.25, 0.3) is 5.91 Å². The third-order valence-electron chi connectivity index (χ3n) is 1.94. The van der Waals surface area contributed by atoms with Crippen LogP contribution in [0.4, 0.5) is 18.9 Å². The van der Waals surface area contributed by atoms with Crippen molar-refractivity contribution >= 4 is 17.6 Å². The Morgan fingerprint density at radius 3 is 2.58 bits per heavy atom. The molecule has 5 nitrogen and oxygen atoms in total. The molecule has 19 heavy (non-hydrogen) atoms. The number of hydrogen-bond acceptors (Lipinski definition) is 4. The van der Waals surface area contributed by atoms with Crippen LogP contribution in [0.5, 0.6) is 0 Å². The number of ether oxygens (including phenoxy) is 1. The van der Waals surface area contributed by atoms with Crippen LogP contribution in [0.25, 0.3) is 0 Å². The van der Waals surface area contributed by atoms with Crippen molar-refractivity contribution in [2.45, 2.75) is 6.18 Å². The van der Waals surface area contributed by atoms with Gasteiger partial charge < -0.3 is 15.8 Å². The summed E-state index contributed by atoms with van der Waals surface area (Å²) in [7, 11) is 0. The normalized spacial score (nSPS) is 10.9. The molecule has 0 aliphatic rings. The number of alkyl halides is 3. The van der Waals surface area contributed by atoms with Crippen molar-refractivity contribution in [3.05, 3.63) is 29.8 Å². The number of nitrogens with one attached hydrogen (secondary N) is 1. The van der Waals surface area contributed by atoms with E-state index in [0.717, 1.165) is 0 Å². The number of halogens is 3. The molecule has 0 saturated carbocycles. The van der Waals surface area contributed by atoms with E-state index in [4.69, 9.17) is 5.73 Å². The summed E-state index contributed by atoms with van der Waals surface area (Å²) < 4.78 is 39.9. The SMILES string of the molecule is Nc1cccc(C(=O)OCC(=O)NCC(F)(F)F)c1. The number of esters is 1. The minimum atomic E-state index is -4.51. The van der Waals surface area contributed by atoms with Crippen molar-refractivity contribution < 1.29 is 27.5 Å². The van der Waals surface area contributed by atoms with Crippen LogP contribution in [-0.4, -0.2) is 31.2 Å². The van der Waals surface area contributed by atoms with E-state index < -0.39 is 31.2 Å². The second kappa shape index (κ2) is 6.07. The maximum Gasteiger partial charge on any atom is 0.405 e. The zero-order valence-corrected chi connectivity index (χ0v) is 9.66. The van der Waals surface area contributed by atoms with E-state index in [9.17, 15) is 22.8 Å². The lowest BCUT2D eigenvalue weighted by Crippen LogP contribution is -2.36. The third kappa shape index (κ3) is 5.75. The van der Waals surface area contributed by atoms with E-state index in [1.165, 1.54) is 18.2 Å². The van der Waals surface area contributed by atoms with Gasteiger partial charge in [-0.25, -0.2) is 4.79 Å². The summed E-state index contributed by atoms with van der Waals surface area (Å²) in [6, 6.07) is 5.80. The fourth-order valence-corrected chi connectivity index (χ4v) is 1.13. The molecule has 0 aliphatic heterocycles. The minimum Gasteiger partial charge on any atom is -0.452 e. The van der Waals surface area contributed by atoms with Crippen LogP contribution in [0.3, 0.4) is 0 Å². The van der Waals surface area contributed by atoms with E-state index in [-0.39, 0.29) is 5.56 Å².